The molecule has 100 valence electrons. The molecular formula is C13H15N3O3. The highest BCUT2D eigenvalue weighted by Crippen LogP contribution is 2.23. The Bertz CT molecular complexity index is 559. The number of nitro benzene ring substituents is 1. The quantitative estimate of drug-likeness (QED) is 0.663. The van der Waals surface area contributed by atoms with Gasteiger partial charge < -0.3 is 5.32 Å². The molecule has 0 aliphatic carbocycles. The van der Waals surface area contributed by atoms with Crippen LogP contribution in [-0.4, -0.2) is 17.4 Å². The fourth-order valence-electron chi connectivity index (χ4n) is 1.52. The van der Waals surface area contributed by atoms with Gasteiger partial charge in [-0.15, -0.1) is 0 Å². The lowest BCUT2D eigenvalue weighted by molar-refractivity contribution is -0.385. The van der Waals surface area contributed by atoms with Crippen LogP contribution in [0.15, 0.2) is 18.2 Å². The van der Waals surface area contributed by atoms with Crippen LogP contribution in [0.4, 0.5) is 5.69 Å². The Morgan fingerprint density at radius 3 is 2.68 bits per heavy atom. The first-order valence-corrected chi connectivity index (χ1v) is 5.72. The fraction of sp³-hybridized carbons (Fsp3) is 0.385. The fourth-order valence-corrected chi connectivity index (χ4v) is 1.52. The number of nitro groups is 1. The molecule has 19 heavy (non-hydrogen) atoms. The maximum absolute atomic E-state index is 12.0. The Morgan fingerprint density at radius 1 is 1.53 bits per heavy atom. The first kappa shape index (κ1) is 14.6. The Kier molecular flexibility index (Phi) is 4.22. The van der Waals surface area contributed by atoms with Crippen molar-refractivity contribution in [3.8, 4) is 6.07 Å². The Balaban J connectivity index is 2.99. The van der Waals surface area contributed by atoms with Crippen LogP contribution in [0.25, 0.3) is 0 Å². The number of benzene rings is 1. The van der Waals surface area contributed by atoms with Gasteiger partial charge in [0.15, 0.2) is 0 Å². The number of nitriles is 1. The minimum absolute atomic E-state index is 0.0127. The molecule has 0 spiro atoms. The first-order chi connectivity index (χ1) is 8.78. The number of carbonyl (C=O) groups is 1. The second-order valence-electron chi connectivity index (χ2n) is 4.91. The molecule has 0 bridgehead atoms. The molecule has 0 aliphatic heterocycles. The molecule has 0 aromatic heterocycles. The number of carbonyl (C=O) groups excluding carboxylic acids is 1. The predicted octanol–water partition coefficient (Wildman–Crippen LogP) is 2.18. The van der Waals surface area contributed by atoms with Gasteiger partial charge in [0.1, 0.15) is 5.56 Å². The van der Waals surface area contributed by atoms with Crippen molar-refractivity contribution in [2.45, 2.75) is 20.8 Å². The van der Waals surface area contributed by atoms with E-state index in [1.807, 2.05) is 6.07 Å². The lowest BCUT2D eigenvalue weighted by atomic mass is 9.96. The van der Waals surface area contributed by atoms with Gasteiger partial charge in [0.25, 0.3) is 11.6 Å². The standard InChI is InChI=1S/C13H15N3O3/c1-9-5-4-6-10(11(9)16(18)19)12(17)15-8-13(2,3)7-14/h4-6H,8H2,1-3H3,(H,15,17). The van der Waals surface area contributed by atoms with Crippen molar-refractivity contribution in [3.05, 3.63) is 39.4 Å². The van der Waals surface area contributed by atoms with E-state index in [9.17, 15) is 14.9 Å². The number of hydrogen-bond acceptors (Lipinski definition) is 4. The van der Waals surface area contributed by atoms with E-state index < -0.39 is 16.2 Å². The Hall–Kier alpha value is -2.42. The molecule has 1 aromatic carbocycles. The lowest BCUT2D eigenvalue weighted by Crippen LogP contribution is -2.33. The van der Waals surface area contributed by atoms with Crippen LogP contribution in [-0.2, 0) is 0 Å². The van der Waals surface area contributed by atoms with Gasteiger partial charge in [-0.25, -0.2) is 0 Å². The molecule has 0 aliphatic rings. The van der Waals surface area contributed by atoms with Crippen LogP contribution < -0.4 is 5.32 Å². The summed E-state index contributed by atoms with van der Waals surface area (Å²) >= 11 is 0. The highest BCUT2D eigenvalue weighted by molar-refractivity contribution is 5.98. The molecule has 0 saturated carbocycles. The number of rotatable bonds is 4. The largest absolute Gasteiger partial charge is 0.350 e. The van der Waals surface area contributed by atoms with E-state index in [0.29, 0.717) is 5.56 Å². The predicted molar refractivity (Wildman–Crippen MR) is 69.6 cm³/mol. The van der Waals surface area contributed by atoms with Crippen molar-refractivity contribution in [1.29, 1.82) is 5.26 Å². The highest BCUT2D eigenvalue weighted by atomic mass is 16.6. The van der Waals surface area contributed by atoms with Crippen LogP contribution in [0.3, 0.4) is 0 Å². The monoisotopic (exact) mass is 261 g/mol. The van der Waals surface area contributed by atoms with E-state index in [4.69, 9.17) is 5.26 Å². The van der Waals surface area contributed by atoms with Gasteiger partial charge in [-0.1, -0.05) is 12.1 Å². The van der Waals surface area contributed by atoms with Crippen molar-refractivity contribution in [2.24, 2.45) is 5.41 Å². The van der Waals surface area contributed by atoms with Gasteiger partial charge >= 0.3 is 0 Å². The molecule has 0 atom stereocenters. The molecule has 0 heterocycles. The topological polar surface area (TPSA) is 96.0 Å². The van der Waals surface area contributed by atoms with Gasteiger partial charge in [-0.3, -0.25) is 14.9 Å². The molecule has 6 heteroatoms. The average molecular weight is 261 g/mol. The molecule has 6 nitrogen and oxygen atoms in total. The van der Waals surface area contributed by atoms with Crippen LogP contribution in [0.5, 0.6) is 0 Å². The van der Waals surface area contributed by atoms with Gasteiger partial charge in [0.05, 0.1) is 16.4 Å². The summed E-state index contributed by atoms with van der Waals surface area (Å²) in [5.74, 6) is -0.543. The summed E-state index contributed by atoms with van der Waals surface area (Å²) in [4.78, 5) is 22.4. The number of hydrogen-bond donors (Lipinski definition) is 1. The molecular weight excluding hydrogens is 246 g/mol. The summed E-state index contributed by atoms with van der Waals surface area (Å²) in [5, 5.41) is 22.4. The van der Waals surface area contributed by atoms with Gasteiger partial charge in [0.2, 0.25) is 0 Å². The SMILES string of the molecule is Cc1cccc(C(=O)NCC(C)(C)C#N)c1[N+](=O)[O-]. The molecule has 1 amide bonds. The maximum Gasteiger partial charge on any atom is 0.285 e. The van der Waals surface area contributed by atoms with Crippen LogP contribution in [0, 0.1) is 33.8 Å². The Labute approximate surface area is 111 Å². The number of nitrogens with zero attached hydrogens (tertiary/aromatic N) is 2. The summed E-state index contributed by atoms with van der Waals surface area (Å²) in [6, 6.07) is 6.62. The van der Waals surface area contributed by atoms with E-state index in [0.717, 1.165) is 0 Å². The second-order valence-corrected chi connectivity index (χ2v) is 4.91. The number of para-hydroxylation sites is 1. The van der Waals surface area contributed by atoms with Crippen LogP contribution >= 0.6 is 0 Å². The minimum Gasteiger partial charge on any atom is -0.350 e. The zero-order valence-corrected chi connectivity index (χ0v) is 11.1. The summed E-state index contributed by atoms with van der Waals surface area (Å²) in [6.45, 7) is 5.07. The zero-order chi connectivity index (χ0) is 14.6. The van der Waals surface area contributed by atoms with Gasteiger partial charge in [-0.2, -0.15) is 5.26 Å². The molecule has 0 fully saturated rings. The van der Waals surface area contributed by atoms with E-state index in [1.54, 1.807) is 32.9 Å². The maximum atomic E-state index is 12.0. The van der Waals surface area contributed by atoms with Crippen molar-refractivity contribution < 1.29 is 9.72 Å². The van der Waals surface area contributed by atoms with Crippen molar-refractivity contribution in [3.63, 3.8) is 0 Å². The van der Waals surface area contributed by atoms with Crippen molar-refractivity contribution >= 4 is 11.6 Å². The molecule has 1 aromatic rings. The molecule has 1 N–H and O–H groups in total. The van der Waals surface area contributed by atoms with Gasteiger partial charge in [-0.05, 0) is 26.8 Å². The summed E-state index contributed by atoms with van der Waals surface area (Å²) in [6.07, 6.45) is 0. The van der Waals surface area contributed by atoms with E-state index in [2.05, 4.69) is 5.32 Å². The lowest BCUT2D eigenvalue weighted by Gasteiger charge is -2.15. The third-order valence-electron chi connectivity index (χ3n) is 2.66. The summed E-state index contributed by atoms with van der Waals surface area (Å²) < 4.78 is 0. The third kappa shape index (κ3) is 3.52. The molecule has 1 rings (SSSR count). The molecule has 0 saturated heterocycles. The van der Waals surface area contributed by atoms with Crippen LogP contribution in [0.2, 0.25) is 0 Å². The minimum atomic E-state index is -0.714. The van der Waals surface area contributed by atoms with E-state index in [-0.39, 0.29) is 17.8 Å². The summed E-state index contributed by atoms with van der Waals surface area (Å²) in [7, 11) is 0. The van der Waals surface area contributed by atoms with E-state index in [1.165, 1.54) is 6.07 Å². The van der Waals surface area contributed by atoms with Crippen molar-refractivity contribution in [1.82, 2.24) is 5.32 Å². The number of aryl methyl sites for hydroxylation is 1. The average Bonchev–Trinajstić information content (AvgIpc) is 2.35. The van der Waals surface area contributed by atoms with Gasteiger partial charge in [0, 0.05) is 12.1 Å². The van der Waals surface area contributed by atoms with E-state index >= 15 is 0 Å². The number of amides is 1. The molecule has 0 unspecified atom stereocenters. The third-order valence-corrected chi connectivity index (χ3v) is 2.66. The summed E-state index contributed by atoms with van der Waals surface area (Å²) in [5.41, 5.74) is -0.473. The van der Waals surface area contributed by atoms with Crippen LogP contribution in [0.1, 0.15) is 29.8 Å². The highest BCUT2D eigenvalue weighted by Gasteiger charge is 2.24. The Morgan fingerprint density at radius 2 is 2.16 bits per heavy atom. The number of nitrogens with one attached hydrogen (secondary N) is 1. The second kappa shape index (κ2) is 5.48. The zero-order valence-electron chi connectivity index (χ0n) is 11.1. The first-order valence-electron chi connectivity index (χ1n) is 5.72. The normalized spacial score (nSPS) is 10.6. The van der Waals surface area contributed by atoms with Crippen molar-refractivity contribution in [2.75, 3.05) is 6.54 Å². The molecule has 0 radical (unpaired) electrons. The smallest absolute Gasteiger partial charge is 0.285 e.